The number of esters is 4. The van der Waals surface area contributed by atoms with Crippen molar-refractivity contribution in [1.29, 1.82) is 0 Å². The second-order valence-electron chi connectivity index (χ2n) is 20.1. The molecule has 2 bridgehead atoms. The summed E-state index contributed by atoms with van der Waals surface area (Å²) in [6.45, 7) is 32.0. The van der Waals surface area contributed by atoms with E-state index < -0.39 is 16.8 Å². The minimum atomic E-state index is -0.722. The van der Waals surface area contributed by atoms with Gasteiger partial charge in [0, 0.05) is 13.0 Å². The lowest BCUT2D eigenvalue weighted by molar-refractivity contribution is -0.175. The Labute approximate surface area is 371 Å². The highest BCUT2D eigenvalue weighted by molar-refractivity contribution is 5.77. The first-order valence-corrected chi connectivity index (χ1v) is 23.2. The van der Waals surface area contributed by atoms with Gasteiger partial charge in [-0.25, -0.2) is 0 Å². The number of hydrogen-bond donors (Lipinski definition) is 2. The van der Waals surface area contributed by atoms with Crippen LogP contribution in [0.25, 0.3) is 0 Å². The van der Waals surface area contributed by atoms with Crippen molar-refractivity contribution in [2.24, 2.45) is 44.8 Å². The Kier molecular flexibility index (Phi) is 27.8. The summed E-state index contributed by atoms with van der Waals surface area (Å²) in [5.74, 6) is 1.27. The number of carboxylic acid groups (broad SMARTS) is 1. The van der Waals surface area contributed by atoms with Crippen LogP contribution < -0.4 is 0 Å². The lowest BCUT2D eigenvalue weighted by Gasteiger charge is -2.37. The number of carbonyl (C=O) groups is 5. The van der Waals surface area contributed by atoms with Gasteiger partial charge in [0.2, 0.25) is 0 Å². The fraction of sp³-hybridized carbons (Fsp3) is 0.898. The van der Waals surface area contributed by atoms with Gasteiger partial charge in [-0.15, -0.1) is 0 Å². The van der Waals surface area contributed by atoms with Crippen LogP contribution in [0, 0.1) is 44.8 Å². The Hall–Kier alpha value is -2.73. The van der Waals surface area contributed by atoms with Gasteiger partial charge in [0.15, 0.2) is 0 Å². The molecule has 2 N–H and O–H groups in total. The predicted molar refractivity (Wildman–Crippen MR) is 242 cm³/mol. The van der Waals surface area contributed by atoms with Crippen molar-refractivity contribution in [3.63, 3.8) is 0 Å². The maximum absolute atomic E-state index is 12.4. The predicted octanol–water partition coefficient (Wildman–Crippen LogP) is 10.8. The van der Waals surface area contributed by atoms with E-state index in [1.807, 2.05) is 83.1 Å². The molecule has 0 radical (unpaired) electrons. The third kappa shape index (κ3) is 20.5. The molecule has 12 nitrogen and oxygen atoms in total. The monoisotopic (exact) mass is 873 g/mol. The Morgan fingerprint density at radius 2 is 1.00 bits per heavy atom. The van der Waals surface area contributed by atoms with Crippen molar-refractivity contribution >= 4 is 29.8 Å². The molecule has 360 valence electrons. The number of carbonyl (C=O) groups excluding carboxylic acids is 4. The minimum Gasteiger partial charge on any atom is -0.481 e. The summed E-state index contributed by atoms with van der Waals surface area (Å²) in [5.41, 5.74) is -2.02. The summed E-state index contributed by atoms with van der Waals surface area (Å²) in [6.07, 6.45) is 13.6. The third-order valence-electron chi connectivity index (χ3n) is 13.5. The number of hydrogen-bond acceptors (Lipinski definition) is 11. The van der Waals surface area contributed by atoms with E-state index in [0.717, 1.165) is 63.2 Å². The highest BCUT2D eigenvalue weighted by Crippen LogP contribution is 2.62. The van der Waals surface area contributed by atoms with E-state index in [1.54, 1.807) is 21.0 Å². The fourth-order valence-corrected chi connectivity index (χ4v) is 6.46. The molecular weight excluding hydrogens is 781 g/mol. The zero-order chi connectivity index (χ0) is 47.9. The van der Waals surface area contributed by atoms with Crippen molar-refractivity contribution in [1.82, 2.24) is 0 Å². The minimum absolute atomic E-state index is 0.0400. The second-order valence-corrected chi connectivity index (χ2v) is 20.1. The van der Waals surface area contributed by atoms with Crippen molar-refractivity contribution in [2.75, 3.05) is 40.1 Å². The summed E-state index contributed by atoms with van der Waals surface area (Å²) in [7, 11) is 1.58. The van der Waals surface area contributed by atoms with Crippen LogP contribution in [-0.2, 0) is 47.7 Å². The Balaban J connectivity index is 0. The summed E-state index contributed by atoms with van der Waals surface area (Å²) in [4.78, 5) is 56.4. The van der Waals surface area contributed by atoms with Gasteiger partial charge in [-0.05, 0) is 152 Å². The maximum Gasteiger partial charge on any atom is 0.312 e. The van der Waals surface area contributed by atoms with E-state index in [9.17, 15) is 24.0 Å². The lowest BCUT2D eigenvalue weighted by Crippen LogP contribution is -2.42. The molecule has 0 saturated heterocycles. The van der Waals surface area contributed by atoms with Gasteiger partial charge in [0.25, 0.3) is 0 Å². The van der Waals surface area contributed by atoms with Gasteiger partial charge in [-0.3, -0.25) is 24.0 Å². The maximum atomic E-state index is 12.4. The van der Waals surface area contributed by atoms with E-state index >= 15 is 0 Å². The van der Waals surface area contributed by atoms with Gasteiger partial charge < -0.3 is 33.9 Å². The number of unbranched alkanes of at least 4 members (excludes halogenated alkanes) is 1. The quantitative estimate of drug-likeness (QED) is 0.0716. The van der Waals surface area contributed by atoms with Crippen LogP contribution in [0.2, 0.25) is 0 Å². The molecule has 0 spiro atoms. The molecule has 3 fully saturated rings. The highest BCUT2D eigenvalue weighted by atomic mass is 16.6. The molecule has 0 aromatic heterocycles. The molecule has 61 heavy (non-hydrogen) atoms. The standard InChI is InChI=1S/C16H26O2.C10H20O2.C9H18O3.C8H16O3.C6H12O2/c1-4-15(2,3)14(17)18-16-9-8-11(10-16)12-6-5-7-13(12)16;1-5-7-8-12-9(11)10(3,4)6-2;1-5-9(2,3)8(10)12-7-6-11-4;1-4-8(2,3)7(10)11-6-5-9;1-4-6(2,3)5(7)8/h11-13H,4-10H2,1-3H3;5-8H2,1-4H3;5-7H2,1-4H3;9H,4-6H2,1-3H3;4H2,1-3H3,(H,7,8). The first-order valence-electron chi connectivity index (χ1n) is 23.2. The lowest BCUT2D eigenvalue weighted by atomic mass is 9.79. The topological polar surface area (TPSA) is 172 Å². The normalized spacial score (nSPS) is 20.4. The van der Waals surface area contributed by atoms with Crippen LogP contribution in [0.3, 0.4) is 0 Å². The van der Waals surface area contributed by atoms with Crippen molar-refractivity contribution in [3.05, 3.63) is 0 Å². The van der Waals surface area contributed by atoms with E-state index in [4.69, 9.17) is 33.9 Å². The molecule has 0 aromatic carbocycles. The van der Waals surface area contributed by atoms with E-state index in [-0.39, 0.29) is 58.9 Å². The number of ether oxygens (including phenoxy) is 5. The Morgan fingerprint density at radius 1 is 0.574 bits per heavy atom. The number of carboxylic acids is 1. The SMILES string of the molecule is CCC(C)(C)C(=O)O.CCC(C)(C)C(=O)OC12CCC(C1)C1CCCC12.CCC(C)(C)C(=O)OCCO.CCC(C)(C)C(=O)OCCOC.CCCCOC(=O)C(C)(C)CC. The number of aliphatic carboxylic acids is 1. The molecule has 0 aliphatic heterocycles. The van der Waals surface area contributed by atoms with Crippen LogP contribution in [-0.4, -0.2) is 85.8 Å². The molecule has 0 heterocycles. The molecule has 0 aromatic rings. The fourth-order valence-electron chi connectivity index (χ4n) is 6.46. The summed E-state index contributed by atoms with van der Waals surface area (Å²) in [5, 5.41) is 16.8. The molecule has 3 saturated carbocycles. The van der Waals surface area contributed by atoms with Gasteiger partial charge in [0.05, 0.1) is 46.9 Å². The van der Waals surface area contributed by atoms with Crippen molar-refractivity contribution in [3.8, 4) is 0 Å². The van der Waals surface area contributed by atoms with Crippen LogP contribution >= 0.6 is 0 Å². The van der Waals surface area contributed by atoms with Crippen LogP contribution in [0.5, 0.6) is 0 Å². The van der Waals surface area contributed by atoms with Crippen molar-refractivity contribution < 1.29 is 57.9 Å². The molecule has 12 heteroatoms. The molecule has 3 aliphatic carbocycles. The highest BCUT2D eigenvalue weighted by Gasteiger charge is 2.61. The van der Waals surface area contributed by atoms with E-state index in [2.05, 4.69) is 13.8 Å². The number of aliphatic hydroxyl groups is 1. The second kappa shape index (κ2) is 28.1. The number of methoxy groups -OCH3 is 1. The van der Waals surface area contributed by atoms with Crippen LogP contribution in [0.15, 0.2) is 0 Å². The first kappa shape index (κ1) is 60.4. The molecule has 3 aliphatic rings. The van der Waals surface area contributed by atoms with Gasteiger partial charge in [-0.2, -0.15) is 0 Å². The molecule has 4 unspecified atom stereocenters. The number of fused-ring (bicyclic) bond motifs is 5. The molecule has 3 rings (SSSR count). The van der Waals surface area contributed by atoms with Gasteiger partial charge in [-0.1, -0.05) is 54.4 Å². The number of aliphatic hydroxyl groups excluding tert-OH is 1. The smallest absolute Gasteiger partial charge is 0.312 e. The van der Waals surface area contributed by atoms with Crippen molar-refractivity contribution in [2.45, 2.75) is 200 Å². The van der Waals surface area contributed by atoms with E-state index in [1.165, 1.54) is 25.7 Å². The largest absolute Gasteiger partial charge is 0.481 e. The Bertz CT molecular complexity index is 1270. The third-order valence-corrected chi connectivity index (χ3v) is 13.5. The summed E-state index contributed by atoms with van der Waals surface area (Å²) >= 11 is 0. The molecule has 0 amide bonds. The zero-order valence-corrected chi connectivity index (χ0v) is 41.9. The Morgan fingerprint density at radius 3 is 1.38 bits per heavy atom. The number of rotatable bonds is 19. The zero-order valence-electron chi connectivity index (χ0n) is 41.9. The molecular formula is C49H92O12. The van der Waals surface area contributed by atoms with E-state index in [0.29, 0.717) is 32.2 Å². The first-order chi connectivity index (χ1) is 28.1. The van der Waals surface area contributed by atoms with Gasteiger partial charge in [0.1, 0.15) is 18.8 Å². The van der Waals surface area contributed by atoms with Gasteiger partial charge >= 0.3 is 29.8 Å². The van der Waals surface area contributed by atoms with Crippen LogP contribution in [0.4, 0.5) is 0 Å². The average Bonchev–Trinajstić information content (AvgIpc) is 3.96. The summed E-state index contributed by atoms with van der Waals surface area (Å²) in [6, 6.07) is 0. The average molecular weight is 873 g/mol. The summed E-state index contributed by atoms with van der Waals surface area (Å²) < 4.78 is 25.7. The van der Waals surface area contributed by atoms with Crippen LogP contribution in [0.1, 0.15) is 194 Å². The molecule has 4 atom stereocenters.